The van der Waals surface area contributed by atoms with Crippen LogP contribution in [0.3, 0.4) is 0 Å². The predicted octanol–water partition coefficient (Wildman–Crippen LogP) is 2.53. The number of hydrogen-bond donors (Lipinski definition) is 0. The molecule has 0 aromatic rings. The van der Waals surface area contributed by atoms with Crippen LogP contribution in [-0.4, -0.2) is 24.8 Å². The van der Waals surface area contributed by atoms with Crippen molar-refractivity contribution in [3.05, 3.63) is 0 Å². The molecule has 0 amide bonds. The molecule has 3 aliphatic rings. The summed E-state index contributed by atoms with van der Waals surface area (Å²) in [7, 11) is 0. The summed E-state index contributed by atoms with van der Waals surface area (Å²) in [5, 5.41) is 0. The van der Waals surface area contributed by atoms with Crippen LogP contribution >= 0.6 is 0 Å². The third-order valence-corrected chi connectivity index (χ3v) is 5.31. The van der Waals surface area contributed by atoms with Crippen LogP contribution in [0.5, 0.6) is 0 Å². The van der Waals surface area contributed by atoms with Crippen molar-refractivity contribution in [1.29, 1.82) is 0 Å². The van der Waals surface area contributed by atoms with E-state index in [-0.39, 0.29) is 17.8 Å². The molecule has 0 aromatic carbocycles. The van der Waals surface area contributed by atoms with Gasteiger partial charge < -0.3 is 9.47 Å². The molecule has 2 heterocycles. The van der Waals surface area contributed by atoms with Crippen LogP contribution in [0.2, 0.25) is 0 Å². The Bertz CT molecular complexity index is 315. The van der Waals surface area contributed by atoms with Gasteiger partial charge in [0.15, 0.2) is 6.29 Å². The van der Waals surface area contributed by atoms with Gasteiger partial charge in [-0.3, -0.25) is 4.79 Å². The maximum absolute atomic E-state index is 12.3. The number of fused-ring (bicyclic) bond motifs is 1. The highest BCUT2D eigenvalue weighted by Gasteiger charge is 2.53. The van der Waals surface area contributed by atoms with E-state index in [1.807, 2.05) is 0 Å². The molecule has 3 heteroatoms. The summed E-state index contributed by atoms with van der Waals surface area (Å²) in [5.74, 6) is 1.37. The number of Topliss-reactive ketones (excluding diaryl/α,β-unsaturated/α-hetero) is 1. The molecule has 0 N–H and O–H groups in total. The second kappa shape index (κ2) is 4.06. The van der Waals surface area contributed by atoms with Gasteiger partial charge >= 0.3 is 0 Å². The summed E-state index contributed by atoms with van der Waals surface area (Å²) >= 11 is 0. The van der Waals surface area contributed by atoms with Crippen LogP contribution in [0, 0.1) is 17.3 Å². The minimum absolute atomic E-state index is 0.0289. The number of rotatable bonds is 1. The SMILES string of the molecule is C[C@@H]1CCCC(=O)[C@@]1(C)[C@H]1C[C@@H]2CCO[C@@H]2O1. The topological polar surface area (TPSA) is 35.5 Å². The van der Waals surface area contributed by atoms with Crippen molar-refractivity contribution in [3.63, 3.8) is 0 Å². The van der Waals surface area contributed by atoms with Crippen LogP contribution in [0.15, 0.2) is 0 Å². The molecule has 1 saturated carbocycles. The minimum Gasteiger partial charge on any atom is -0.352 e. The Hall–Kier alpha value is -0.410. The van der Waals surface area contributed by atoms with Crippen molar-refractivity contribution in [3.8, 4) is 0 Å². The highest BCUT2D eigenvalue weighted by atomic mass is 16.7. The summed E-state index contributed by atoms with van der Waals surface area (Å²) in [6.45, 7) is 5.14. The Morgan fingerprint density at radius 2 is 2.18 bits per heavy atom. The molecule has 3 nitrogen and oxygen atoms in total. The molecule has 0 unspecified atom stereocenters. The monoisotopic (exact) mass is 238 g/mol. The molecular formula is C14H22O3. The fourth-order valence-corrected chi connectivity index (χ4v) is 3.78. The number of ether oxygens (including phenoxy) is 2. The van der Waals surface area contributed by atoms with Crippen molar-refractivity contribution in [2.45, 2.75) is 58.3 Å². The summed E-state index contributed by atoms with van der Waals surface area (Å²) < 4.78 is 11.6. The highest BCUT2D eigenvalue weighted by molar-refractivity contribution is 5.86. The predicted molar refractivity (Wildman–Crippen MR) is 63.5 cm³/mol. The molecule has 3 rings (SSSR count). The van der Waals surface area contributed by atoms with E-state index in [2.05, 4.69) is 13.8 Å². The molecule has 2 aliphatic heterocycles. The van der Waals surface area contributed by atoms with Crippen molar-refractivity contribution in [2.24, 2.45) is 17.3 Å². The molecular weight excluding hydrogens is 216 g/mol. The van der Waals surface area contributed by atoms with Gasteiger partial charge in [0.1, 0.15) is 5.78 Å². The summed E-state index contributed by atoms with van der Waals surface area (Å²) in [6, 6.07) is 0. The third kappa shape index (κ3) is 1.66. The van der Waals surface area contributed by atoms with Gasteiger partial charge in [-0.15, -0.1) is 0 Å². The van der Waals surface area contributed by atoms with Crippen LogP contribution in [0.4, 0.5) is 0 Å². The summed E-state index contributed by atoms with van der Waals surface area (Å²) in [5.41, 5.74) is -0.272. The molecule has 0 radical (unpaired) electrons. The van der Waals surface area contributed by atoms with Gasteiger partial charge in [-0.05, 0) is 38.5 Å². The Morgan fingerprint density at radius 3 is 2.88 bits per heavy atom. The fraction of sp³-hybridized carbons (Fsp3) is 0.929. The van der Waals surface area contributed by atoms with Crippen LogP contribution < -0.4 is 0 Å². The van der Waals surface area contributed by atoms with E-state index >= 15 is 0 Å². The molecule has 2 saturated heterocycles. The lowest BCUT2D eigenvalue weighted by atomic mass is 9.63. The smallest absolute Gasteiger partial charge is 0.160 e. The summed E-state index contributed by atoms with van der Waals surface area (Å²) in [4.78, 5) is 12.3. The maximum Gasteiger partial charge on any atom is 0.160 e. The van der Waals surface area contributed by atoms with E-state index in [4.69, 9.17) is 9.47 Å². The van der Waals surface area contributed by atoms with Gasteiger partial charge in [0.05, 0.1) is 18.1 Å². The van der Waals surface area contributed by atoms with Crippen molar-refractivity contribution in [1.82, 2.24) is 0 Å². The molecule has 96 valence electrons. The zero-order valence-electron chi connectivity index (χ0n) is 10.8. The highest BCUT2D eigenvalue weighted by Crippen LogP contribution is 2.49. The number of carbonyl (C=O) groups is 1. The van der Waals surface area contributed by atoms with E-state index in [9.17, 15) is 4.79 Å². The largest absolute Gasteiger partial charge is 0.352 e. The average Bonchev–Trinajstić information content (AvgIpc) is 2.85. The molecule has 17 heavy (non-hydrogen) atoms. The van der Waals surface area contributed by atoms with Crippen LogP contribution in [0.25, 0.3) is 0 Å². The Morgan fingerprint density at radius 1 is 1.35 bits per heavy atom. The first-order chi connectivity index (χ1) is 8.12. The summed E-state index contributed by atoms with van der Waals surface area (Å²) in [6.07, 6.45) is 5.09. The molecule has 0 bridgehead atoms. The third-order valence-electron chi connectivity index (χ3n) is 5.31. The van der Waals surface area contributed by atoms with Gasteiger partial charge in [0.2, 0.25) is 0 Å². The quantitative estimate of drug-likeness (QED) is 0.704. The molecule has 0 spiro atoms. The van der Waals surface area contributed by atoms with E-state index in [0.29, 0.717) is 17.6 Å². The lowest BCUT2D eigenvalue weighted by molar-refractivity contribution is -0.168. The normalized spacial score (nSPS) is 50.6. The van der Waals surface area contributed by atoms with Gasteiger partial charge in [0, 0.05) is 12.3 Å². The Kier molecular flexibility index (Phi) is 2.79. The first-order valence-corrected chi connectivity index (χ1v) is 6.92. The first-order valence-electron chi connectivity index (χ1n) is 6.92. The first kappa shape index (κ1) is 11.7. The molecule has 3 fully saturated rings. The average molecular weight is 238 g/mol. The van der Waals surface area contributed by atoms with Crippen molar-refractivity contribution < 1.29 is 14.3 Å². The van der Waals surface area contributed by atoms with Crippen LogP contribution in [0.1, 0.15) is 46.0 Å². The number of carbonyl (C=O) groups excluding carboxylic acids is 1. The van der Waals surface area contributed by atoms with Gasteiger partial charge in [0.25, 0.3) is 0 Å². The van der Waals surface area contributed by atoms with Gasteiger partial charge in [-0.25, -0.2) is 0 Å². The Balaban J connectivity index is 1.80. The second-order valence-electron chi connectivity index (χ2n) is 6.15. The van der Waals surface area contributed by atoms with E-state index in [0.717, 1.165) is 38.7 Å². The second-order valence-corrected chi connectivity index (χ2v) is 6.15. The van der Waals surface area contributed by atoms with Crippen molar-refractivity contribution in [2.75, 3.05) is 6.61 Å². The standard InChI is InChI=1S/C14H22O3/c1-9-4-3-5-11(15)14(9,2)12-8-10-6-7-16-13(10)17-12/h9-10,12-13H,3-8H2,1-2H3/t9-,10+,12-,13-,14+/m1/s1. The zero-order valence-corrected chi connectivity index (χ0v) is 10.8. The van der Waals surface area contributed by atoms with Crippen molar-refractivity contribution >= 4 is 5.78 Å². The number of ketones is 1. The minimum atomic E-state index is -0.272. The Labute approximate surface area is 103 Å². The fourth-order valence-electron chi connectivity index (χ4n) is 3.78. The molecule has 5 atom stereocenters. The van der Waals surface area contributed by atoms with Gasteiger partial charge in [-0.1, -0.05) is 6.92 Å². The van der Waals surface area contributed by atoms with E-state index < -0.39 is 0 Å². The van der Waals surface area contributed by atoms with E-state index in [1.165, 1.54) is 0 Å². The molecule has 0 aromatic heterocycles. The number of hydrogen-bond acceptors (Lipinski definition) is 3. The van der Waals surface area contributed by atoms with E-state index in [1.54, 1.807) is 0 Å². The zero-order chi connectivity index (χ0) is 12.0. The lowest BCUT2D eigenvalue weighted by Gasteiger charge is -2.42. The molecule has 1 aliphatic carbocycles. The maximum atomic E-state index is 12.3. The van der Waals surface area contributed by atoms with Gasteiger partial charge in [-0.2, -0.15) is 0 Å². The van der Waals surface area contributed by atoms with Crippen LogP contribution in [-0.2, 0) is 14.3 Å². The lowest BCUT2D eigenvalue weighted by Crippen LogP contribution is -2.47.